The zero-order chi connectivity index (χ0) is 36.2. The van der Waals surface area contributed by atoms with Crippen LogP contribution in [0.3, 0.4) is 0 Å². The number of halogens is 5. The molecule has 2 aliphatic heterocycles. The first kappa shape index (κ1) is 34.8. The predicted molar refractivity (Wildman–Crippen MR) is 164 cm³/mol. The minimum atomic E-state index is -4.93. The number of alkyl halides is 5. The highest BCUT2D eigenvalue weighted by Crippen LogP contribution is 2.52. The molecule has 1 aromatic heterocycles. The number of fused-ring (bicyclic) bond motifs is 2. The average Bonchev–Trinajstić information content (AvgIpc) is 3.74. The smallest absolute Gasteiger partial charge is 0.494 e. The summed E-state index contributed by atoms with van der Waals surface area (Å²) in [5, 5.41) is 23.5. The van der Waals surface area contributed by atoms with Gasteiger partial charge in [-0.25, -0.2) is 4.98 Å². The molecule has 6 rings (SSSR count). The predicted octanol–water partition coefficient (Wildman–Crippen LogP) is 2.60. The van der Waals surface area contributed by atoms with Crippen molar-refractivity contribution in [3.63, 3.8) is 0 Å². The largest absolute Gasteiger partial charge is 0.586 e. The lowest BCUT2D eigenvalue weighted by Gasteiger charge is -2.34. The van der Waals surface area contributed by atoms with E-state index in [0.29, 0.717) is 11.6 Å². The van der Waals surface area contributed by atoms with E-state index in [4.69, 9.17) is 25.4 Å². The first-order chi connectivity index (χ1) is 23.5. The van der Waals surface area contributed by atoms with Crippen molar-refractivity contribution in [2.24, 2.45) is 5.73 Å². The zero-order valence-corrected chi connectivity index (χ0v) is 26.7. The Morgan fingerprint density at radius 3 is 2.60 bits per heavy atom. The standard InChI is InChI=1S/C33H32F5N5O7/c1-30(29(40)46)15-48-27-20(30)10-23(43-25(27)19-4-3-5-21-26(19)50-33(37,38)49-21)31(14-44,12-32(34,35)36)13-42-28(45)16-8-17(11-41-18-6-7-18)24(39)22(9-16)47-2/h3-5,8-11,18,39,41,44H,6-7,12-15H2,1-2H3,(H2,40,46)(H,42,45)/p+1/b17-11-,39-24?/t30-,31?/m0/s1. The van der Waals surface area contributed by atoms with Crippen LogP contribution >= 0.6 is 0 Å². The summed E-state index contributed by atoms with van der Waals surface area (Å²) in [6.07, 6.45) is -4.36. The maximum Gasteiger partial charge on any atom is 0.586 e. The fraction of sp³-hybridized carbons (Fsp3) is 0.394. The third-order valence-electron chi connectivity index (χ3n) is 9.06. The minimum absolute atomic E-state index is 0.0110. The molecule has 17 heteroatoms. The van der Waals surface area contributed by atoms with Crippen LogP contribution in [0.25, 0.3) is 11.3 Å². The summed E-state index contributed by atoms with van der Waals surface area (Å²) < 4.78 is 91.7. The fourth-order valence-electron chi connectivity index (χ4n) is 5.96. The number of nitrogens with two attached hydrogens (primary N) is 2. The van der Waals surface area contributed by atoms with E-state index < -0.39 is 66.1 Å². The van der Waals surface area contributed by atoms with E-state index in [2.05, 4.69) is 15.0 Å². The molecule has 2 atom stereocenters. The number of ether oxygens (including phenoxy) is 4. The number of primary amides is 1. The van der Waals surface area contributed by atoms with Crippen molar-refractivity contribution < 1.29 is 60.9 Å². The van der Waals surface area contributed by atoms with Crippen molar-refractivity contribution in [3.8, 4) is 28.5 Å². The lowest BCUT2D eigenvalue weighted by Crippen LogP contribution is -2.80. The van der Waals surface area contributed by atoms with Gasteiger partial charge in [-0.2, -0.15) is 13.2 Å². The van der Waals surface area contributed by atoms with Crippen LogP contribution in [0.2, 0.25) is 0 Å². The number of aromatic nitrogens is 1. The Labute approximate surface area is 281 Å². The molecule has 2 aliphatic carbocycles. The molecule has 1 fully saturated rings. The van der Waals surface area contributed by atoms with E-state index in [1.165, 1.54) is 44.4 Å². The summed E-state index contributed by atoms with van der Waals surface area (Å²) in [5.41, 5.74) is 1.15. The molecule has 1 saturated carbocycles. The first-order valence-corrected chi connectivity index (χ1v) is 15.4. The van der Waals surface area contributed by atoms with Gasteiger partial charge in [0, 0.05) is 30.5 Å². The van der Waals surface area contributed by atoms with Gasteiger partial charge in [0.15, 0.2) is 11.5 Å². The number of hydrogen-bond donors (Lipinski definition) is 5. The topological polar surface area (TPSA) is 183 Å². The molecule has 12 nitrogen and oxygen atoms in total. The van der Waals surface area contributed by atoms with Gasteiger partial charge in [0.1, 0.15) is 41.1 Å². The Hall–Kier alpha value is -5.03. The van der Waals surface area contributed by atoms with Crippen LogP contribution in [0.5, 0.6) is 17.2 Å². The molecular formula is C33H33F5N5O7+. The summed E-state index contributed by atoms with van der Waals surface area (Å²) in [4.78, 5) is 30.6. The number of benzene rings is 1. The van der Waals surface area contributed by atoms with Gasteiger partial charge in [-0.1, -0.05) is 6.07 Å². The number of carbonyl (C=O) groups excluding carboxylic acids is 2. The van der Waals surface area contributed by atoms with Crippen LogP contribution in [0.4, 0.5) is 22.0 Å². The van der Waals surface area contributed by atoms with Crippen molar-refractivity contribution >= 4 is 17.5 Å². The lowest BCUT2D eigenvalue weighted by atomic mass is 9.77. The van der Waals surface area contributed by atoms with Gasteiger partial charge in [0.25, 0.3) is 5.91 Å². The number of nitrogens with one attached hydrogen (secondary N) is 2. The number of pyridine rings is 1. The highest BCUT2D eigenvalue weighted by Gasteiger charge is 2.50. The van der Waals surface area contributed by atoms with Crippen LogP contribution in [-0.2, 0) is 25.2 Å². The number of aliphatic hydroxyl groups excluding tert-OH is 1. The van der Waals surface area contributed by atoms with E-state index in [1.807, 2.05) is 5.32 Å². The highest BCUT2D eigenvalue weighted by atomic mass is 19.4. The molecule has 0 bridgehead atoms. The van der Waals surface area contributed by atoms with Gasteiger partial charge < -0.3 is 40.4 Å². The van der Waals surface area contributed by atoms with E-state index >= 15 is 0 Å². The molecule has 0 saturated heterocycles. The summed E-state index contributed by atoms with van der Waals surface area (Å²) in [6, 6.07) is 5.29. The van der Waals surface area contributed by atoms with Gasteiger partial charge in [-0.3, -0.25) is 15.0 Å². The van der Waals surface area contributed by atoms with Gasteiger partial charge in [-0.05, 0) is 37.3 Å². The molecule has 1 aromatic carbocycles. The Morgan fingerprint density at radius 2 is 1.96 bits per heavy atom. The Balaban J connectivity index is 1.44. The second-order valence-corrected chi connectivity index (χ2v) is 12.8. The first-order valence-electron chi connectivity index (χ1n) is 15.4. The highest BCUT2D eigenvalue weighted by molar-refractivity contribution is 6.15. The Morgan fingerprint density at radius 1 is 1.22 bits per heavy atom. The molecule has 2 amide bonds. The number of methoxy groups -OCH3 is 1. The van der Waals surface area contributed by atoms with Gasteiger partial charge in [-0.15, -0.1) is 8.78 Å². The number of hydrogen-bond acceptors (Lipinski definition) is 9. The molecule has 7 N–H and O–H groups in total. The lowest BCUT2D eigenvalue weighted by molar-refractivity contribution is -0.602. The third kappa shape index (κ3) is 6.49. The summed E-state index contributed by atoms with van der Waals surface area (Å²) in [7, 11) is 1.31. The van der Waals surface area contributed by atoms with Crippen molar-refractivity contribution in [1.82, 2.24) is 10.3 Å². The molecule has 3 heterocycles. The maximum absolute atomic E-state index is 14.3. The minimum Gasteiger partial charge on any atom is -0.494 e. The van der Waals surface area contributed by atoms with Crippen molar-refractivity contribution in [2.75, 3.05) is 26.9 Å². The Bertz CT molecular complexity index is 1870. The summed E-state index contributed by atoms with van der Waals surface area (Å²) in [5.74, 6) is -2.69. The summed E-state index contributed by atoms with van der Waals surface area (Å²) in [6.45, 7) is -1.00. The van der Waals surface area contributed by atoms with E-state index in [-0.39, 0.29) is 52.0 Å². The van der Waals surface area contributed by atoms with Crippen molar-refractivity contribution in [1.29, 1.82) is 5.41 Å². The normalized spacial score (nSPS) is 22.6. The van der Waals surface area contributed by atoms with Gasteiger partial charge in [0.2, 0.25) is 5.91 Å². The van der Waals surface area contributed by atoms with Gasteiger partial charge >= 0.3 is 12.5 Å². The average molecular weight is 707 g/mol. The van der Waals surface area contributed by atoms with Crippen LogP contribution < -0.4 is 30.6 Å². The van der Waals surface area contributed by atoms with Crippen molar-refractivity contribution in [2.45, 2.75) is 55.5 Å². The number of para-hydroxylation sites is 1. The van der Waals surface area contributed by atoms with E-state index in [9.17, 15) is 36.6 Å². The van der Waals surface area contributed by atoms with Crippen LogP contribution in [0.15, 0.2) is 59.5 Å². The maximum atomic E-state index is 14.3. The monoisotopic (exact) mass is 706 g/mol. The van der Waals surface area contributed by atoms with E-state index in [1.54, 1.807) is 6.20 Å². The molecule has 266 valence electrons. The third-order valence-corrected chi connectivity index (χ3v) is 9.06. The van der Waals surface area contributed by atoms with Crippen LogP contribution in [0, 0.1) is 5.41 Å². The molecular weight excluding hydrogens is 673 g/mol. The quantitative estimate of drug-likeness (QED) is 0.221. The number of carbonyl (C=O) groups is 2. The van der Waals surface area contributed by atoms with Gasteiger partial charge in [0.05, 0.1) is 48.4 Å². The number of amides is 2. The fourth-order valence-corrected chi connectivity index (χ4v) is 5.96. The van der Waals surface area contributed by atoms with Crippen LogP contribution in [-0.4, -0.2) is 73.0 Å². The molecule has 4 aliphatic rings. The number of rotatable bonds is 11. The Kier molecular flexibility index (Phi) is 8.62. The zero-order valence-electron chi connectivity index (χ0n) is 26.7. The number of quaternary nitrogens is 1. The molecule has 0 spiro atoms. The SMILES string of the molecule is COC1=CC(C(=O)NCC(CO)(CC(F)(F)F)c2cc3c(c(-c4cccc5c4OC(F)(F)O5)n2)OC[C@]3(C)C(N)=O)=C/C(=C/[NH2+]C2CC2)C1=N. The molecule has 1 unspecified atom stereocenters. The van der Waals surface area contributed by atoms with E-state index in [0.717, 1.165) is 18.9 Å². The molecule has 0 radical (unpaired) electrons. The van der Waals surface area contributed by atoms with Crippen molar-refractivity contribution in [3.05, 3.63) is 70.8 Å². The molecule has 2 aromatic rings. The van der Waals surface area contributed by atoms with Crippen LogP contribution in [0.1, 0.15) is 37.4 Å². The number of nitrogens with zero attached hydrogens (tertiary/aromatic N) is 1. The number of aliphatic hydroxyl groups is 1. The summed E-state index contributed by atoms with van der Waals surface area (Å²) >= 11 is 0. The second kappa shape index (κ2) is 12.4. The number of allylic oxidation sites excluding steroid dienone is 2. The molecule has 50 heavy (non-hydrogen) atoms. The second-order valence-electron chi connectivity index (χ2n) is 12.8.